The summed E-state index contributed by atoms with van der Waals surface area (Å²) in [5, 5.41) is 9.77. The van der Waals surface area contributed by atoms with Crippen LogP contribution in [0.5, 0.6) is 0 Å². The van der Waals surface area contributed by atoms with Gasteiger partial charge >= 0.3 is 15.5 Å². The predicted octanol–water partition coefficient (Wildman–Crippen LogP) is 5.51. The molecule has 3 aromatic carbocycles. The van der Waals surface area contributed by atoms with Gasteiger partial charge in [0.15, 0.2) is 0 Å². The third kappa shape index (κ3) is 7.35. The molecule has 0 bridgehead atoms. The Hall–Kier alpha value is -3.29. The Kier molecular flexibility index (Phi) is 8.48. The average molecular weight is 543 g/mol. The summed E-state index contributed by atoms with van der Waals surface area (Å²) in [4.78, 5) is -0.637. The molecule has 0 saturated carbocycles. The molecule has 4 N–H and O–H groups in total. The minimum Gasteiger partial charge on any atom is -0.385 e. The fourth-order valence-corrected chi connectivity index (χ4v) is 5.51. The van der Waals surface area contributed by atoms with Crippen LogP contribution in [0.4, 0.5) is 41.6 Å². The van der Waals surface area contributed by atoms with Gasteiger partial charge in [0.2, 0.25) is 0 Å². The second-order valence-electron chi connectivity index (χ2n) is 7.76. The van der Waals surface area contributed by atoms with Gasteiger partial charge in [-0.1, -0.05) is 35.7 Å². The van der Waals surface area contributed by atoms with Gasteiger partial charge in [0.25, 0.3) is 10.0 Å². The largest absolute Gasteiger partial charge is 0.512 e. The quantitative estimate of drug-likeness (QED) is 0.236. The van der Waals surface area contributed by atoms with Crippen molar-refractivity contribution in [1.82, 2.24) is 4.13 Å². The van der Waals surface area contributed by atoms with E-state index in [4.69, 9.17) is 0 Å². The van der Waals surface area contributed by atoms with Crippen LogP contribution in [-0.4, -0.2) is 28.9 Å². The monoisotopic (exact) mass is 542 g/mol. The summed E-state index contributed by atoms with van der Waals surface area (Å²) in [5.74, 6) is 0. The van der Waals surface area contributed by atoms with E-state index in [0.29, 0.717) is 15.5 Å². The summed E-state index contributed by atoms with van der Waals surface area (Å²) in [5.41, 5.74) is -2.17. The van der Waals surface area contributed by atoms with Crippen LogP contribution < -0.4 is 20.1 Å². The minimum atomic E-state index is -6.07. The van der Waals surface area contributed by atoms with E-state index in [1.54, 1.807) is 0 Å². The number of benzene rings is 3. The van der Waals surface area contributed by atoms with E-state index in [2.05, 4.69) is 22.9 Å². The maximum absolute atomic E-state index is 12.6. The highest BCUT2D eigenvalue weighted by Gasteiger charge is 2.48. The van der Waals surface area contributed by atoms with Crippen LogP contribution in [0.25, 0.3) is 0 Å². The van der Waals surface area contributed by atoms with E-state index in [1.807, 2.05) is 48.5 Å². The molecule has 0 radical (unpaired) electrons. The smallest absolute Gasteiger partial charge is 0.385 e. The van der Waals surface area contributed by atoms with E-state index in [0.717, 1.165) is 48.6 Å². The van der Waals surface area contributed by atoms with Gasteiger partial charge in [-0.25, -0.2) is 16.8 Å². The maximum atomic E-state index is 12.6. The minimum absolute atomic E-state index is 0.434. The van der Waals surface area contributed by atoms with Gasteiger partial charge in [0.1, 0.15) is 0 Å². The number of anilines is 5. The zero-order chi connectivity index (χ0) is 26.4. The Morgan fingerprint density at radius 3 is 1.78 bits per heavy atom. The molecular formula is C23H25F3N4O4S2. The summed E-state index contributed by atoms with van der Waals surface area (Å²) in [6.07, 6.45) is 2.00. The highest BCUT2D eigenvalue weighted by atomic mass is 32.3. The third-order valence-electron chi connectivity index (χ3n) is 4.83. The number of rotatable bonds is 11. The highest BCUT2D eigenvalue weighted by Crippen LogP contribution is 2.29. The number of alkyl halides is 3. The molecule has 3 aromatic rings. The molecule has 8 nitrogen and oxygen atoms in total. The number of hydrogen-bond acceptors (Lipinski definition) is 7. The normalized spacial score (nSPS) is 12.2. The van der Waals surface area contributed by atoms with E-state index >= 15 is 0 Å². The summed E-state index contributed by atoms with van der Waals surface area (Å²) in [6, 6.07) is 19.8. The second kappa shape index (κ2) is 11.2. The molecule has 3 rings (SSSR count). The molecule has 0 atom stereocenters. The lowest BCUT2D eigenvalue weighted by molar-refractivity contribution is -0.0441. The molecular weight excluding hydrogens is 517 g/mol. The van der Waals surface area contributed by atoms with E-state index < -0.39 is 30.5 Å². The third-order valence-corrected chi connectivity index (χ3v) is 8.09. The summed E-state index contributed by atoms with van der Waals surface area (Å²) in [6.45, 7) is 2.85. The van der Waals surface area contributed by atoms with Crippen LogP contribution in [0.1, 0.15) is 19.8 Å². The molecule has 0 amide bonds. The van der Waals surface area contributed by atoms with Gasteiger partial charge in [0.05, 0.1) is 4.90 Å². The molecule has 0 fully saturated rings. The van der Waals surface area contributed by atoms with Gasteiger partial charge in [-0.3, -0.25) is 0 Å². The number of unbranched alkanes of at least 4 members (excludes halogenated alkanes) is 1. The fourth-order valence-electron chi connectivity index (χ4n) is 3.10. The number of halogens is 3. The molecule has 13 heteroatoms. The Morgan fingerprint density at radius 2 is 1.25 bits per heavy atom. The lowest BCUT2D eigenvalue weighted by Crippen LogP contribution is -2.40. The first-order valence-corrected chi connectivity index (χ1v) is 13.8. The fraction of sp³-hybridized carbons (Fsp3) is 0.217. The molecule has 0 aromatic heterocycles. The van der Waals surface area contributed by atoms with Crippen molar-refractivity contribution in [3.8, 4) is 0 Å². The molecule has 194 valence electrons. The van der Waals surface area contributed by atoms with Crippen LogP contribution in [-0.2, 0) is 20.0 Å². The van der Waals surface area contributed by atoms with Crippen molar-refractivity contribution in [2.75, 3.05) is 22.5 Å². The van der Waals surface area contributed by atoms with Crippen molar-refractivity contribution in [3.05, 3.63) is 72.8 Å². The van der Waals surface area contributed by atoms with Gasteiger partial charge in [-0.15, -0.1) is 0 Å². The first kappa shape index (κ1) is 27.3. The lowest BCUT2D eigenvalue weighted by Gasteiger charge is -2.15. The average Bonchev–Trinajstić information content (AvgIpc) is 2.79. The summed E-state index contributed by atoms with van der Waals surface area (Å²) in [7, 11) is -11.0. The van der Waals surface area contributed by atoms with Crippen LogP contribution in [0.15, 0.2) is 77.7 Å². The summed E-state index contributed by atoms with van der Waals surface area (Å²) >= 11 is 0. The Morgan fingerprint density at radius 1 is 0.722 bits per heavy atom. The van der Waals surface area contributed by atoms with Crippen molar-refractivity contribution in [1.29, 1.82) is 0 Å². The first-order chi connectivity index (χ1) is 16.9. The lowest BCUT2D eigenvalue weighted by atomic mass is 10.2. The maximum Gasteiger partial charge on any atom is 0.512 e. The zero-order valence-corrected chi connectivity index (χ0v) is 20.8. The van der Waals surface area contributed by atoms with Gasteiger partial charge < -0.3 is 16.0 Å². The number of para-hydroxylation sites is 1. The van der Waals surface area contributed by atoms with Crippen molar-refractivity contribution in [2.24, 2.45) is 0 Å². The van der Waals surface area contributed by atoms with E-state index in [-0.39, 0.29) is 0 Å². The Balaban J connectivity index is 1.82. The second-order valence-corrected chi connectivity index (χ2v) is 11.4. The topological polar surface area (TPSA) is 116 Å². The van der Waals surface area contributed by atoms with Crippen molar-refractivity contribution >= 4 is 48.5 Å². The van der Waals surface area contributed by atoms with Crippen molar-refractivity contribution in [3.63, 3.8) is 0 Å². The van der Waals surface area contributed by atoms with Crippen LogP contribution >= 0.6 is 0 Å². The number of sulfonamides is 2. The standard InChI is InChI=1S/C23H25F3N4O4S2/c1-2-3-13-27-19-14-20(28-17-7-5-4-6-8-17)16-21(15-19)29-18-9-11-22(12-10-18)35(31,32)30-36(33,34)23(24,25)26/h4-12,14-16,27-30H,2-3,13H2,1H3. The van der Waals surface area contributed by atoms with Crippen LogP contribution in [0.2, 0.25) is 0 Å². The van der Waals surface area contributed by atoms with E-state index in [1.165, 1.54) is 12.1 Å². The molecule has 36 heavy (non-hydrogen) atoms. The SMILES string of the molecule is CCCCNc1cc(Nc2ccccc2)cc(Nc2ccc(S(=O)(=O)NS(=O)(=O)C(F)(F)F)cc2)c1. The molecule has 0 aliphatic rings. The molecule has 0 aliphatic heterocycles. The summed E-state index contributed by atoms with van der Waals surface area (Å²) < 4.78 is 85.0. The van der Waals surface area contributed by atoms with Crippen molar-refractivity contribution in [2.45, 2.75) is 30.2 Å². The molecule has 0 heterocycles. The number of nitrogens with one attached hydrogen (secondary N) is 4. The molecule has 0 aliphatic carbocycles. The van der Waals surface area contributed by atoms with Gasteiger partial charge in [-0.05, 0) is 61.0 Å². The molecule has 0 spiro atoms. The van der Waals surface area contributed by atoms with Gasteiger partial charge in [-0.2, -0.15) is 13.2 Å². The highest BCUT2D eigenvalue weighted by molar-refractivity contribution is 8.05. The van der Waals surface area contributed by atoms with E-state index in [9.17, 15) is 30.0 Å². The number of hydrogen-bond donors (Lipinski definition) is 4. The van der Waals surface area contributed by atoms with Crippen LogP contribution in [0, 0.1) is 0 Å². The first-order valence-electron chi connectivity index (χ1n) is 10.8. The molecule has 0 unspecified atom stereocenters. The predicted molar refractivity (Wildman–Crippen MR) is 135 cm³/mol. The zero-order valence-electron chi connectivity index (χ0n) is 19.1. The molecule has 0 saturated heterocycles. The van der Waals surface area contributed by atoms with Crippen molar-refractivity contribution < 1.29 is 30.0 Å². The Bertz CT molecular complexity index is 1380. The Labute approximate surface area is 208 Å². The van der Waals surface area contributed by atoms with Crippen LogP contribution in [0.3, 0.4) is 0 Å². The van der Waals surface area contributed by atoms with Gasteiger partial charge in [0, 0.05) is 35.0 Å².